The van der Waals surface area contributed by atoms with Crippen molar-refractivity contribution in [1.29, 1.82) is 0 Å². The Kier molecular flexibility index (Phi) is 3.08. The van der Waals surface area contributed by atoms with Crippen LogP contribution in [0.5, 0.6) is 0 Å². The van der Waals surface area contributed by atoms with Crippen LogP contribution in [0.15, 0.2) is 29.6 Å². The molecule has 0 saturated heterocycles. The predicted octanol–water partition coefficient (Wildman–Crippen LogP) is 4.12. The van der Waals surface area contributed by atoms with E-state index in [1.54, 1.807) is 11.3 Å². The van der Waals surface area contributed by atoms with Crippen LogP contribution < -0.4 is 0 Å². The van der Waals surface area contributed by atoms with E-state index >= 15 is 0 Å². The molecule has 0 N–H and O–H groups in total. The van der Waals surface area contributed by atoms with Crippen molar-refractivity contribution in [1.82, 2.24) is 4.98 Å². The molecule has 0 bridgehead atoms. The van der Waals surface area contributed by atoms with E-state index in [0.29, 0.717) is 5.69 Å². The second-order valence-corrected chi connectivity index (χ2v) is 6.16. The summed E-state index contributed by atoms with van der Waals surface area (Å²) in [6, 6.07) is 8.17. The molecule has 96 valence electrons. The maximum Gasteiger partial charge on any atom is 0.358 e. The van der Waals surface area contributed by atoms with Crippen molar-refractivity contribution in [3.63, 3.8) is 0 Å². The van der Waals surface area contributed by atoms with E-state index in [9.17, 15) is 4.79 Å². The summed E-state index contributed by atoms with van der Waals surface area (Å²) in [6.45, 7) is 1.90. The zero-order valence-electron chi connectivity index (χ0n) is 10.5. The van der Waals surface area contributed by atoms with E-state index in [2.05, 4.69) is 22.5 Å². The first-order valence-electron chi connectivity index (χ1n) is 5.73. The number of esters is 1. The van der Waals surface area contributed by atoms with Crippen LogP contribution in [0.2, 0.25) is 0 Å². The number of nitrogens with zero attached hydrogens (tertiary/aromatic N) is 1. The summed E-state index contributed by atoms with van der Waals surface area (Å²) in [5, 5.41) is 4.09. The highest BCUT2D eigenvalue weighted by Gasteiger charge is 2.20. The summed E-state index contributed by atoms with van der Waals surface area (Å²) < 4.78 is 6.02. The molecule has 5 heteroatoms. The first-order valence-corrected chi connectivity index (χ1v) is 7.42. The highest BCUT2D eigenvalue weighted by Crippen LogP contribution is 2.38. The average molecular weight is 289 g/mol. The summed E-state index contributed by atoms with van der Waals surface area (Å²) in [5.74, 6) is -0.380. The number of carbonyl (C=O) groups is 1. The number of thiazole rings is 1. The molecule has 3 aromatic rings. The highest BCUT2D eigenvalue weighted by molar-refractivity contribution is 7.19. The van der Waals surface area contributed by atoms with Gasteiger partial charge in [-0.3, -0.25) is 0 Å². The van der Waals surface area contributed by atoms with Crippen LogP contribution in [0.25, 0.3) is 20.5 Å². The smallest absolute Gasteiger partial charge is 0.358 e. The van der Waals surface area contributed by atoms with Gasteiger partial charge < -0.3 is 4.74 Å². The molecule has 0 amide bonds. The van der Waals surface area contributed by atoms with Crippen LogP contribution in [0.4, 0.5) is 0 Å². The predicted molar refractivity (Wildman–Crippen MR) is 79.0 cm³/mol. The van der Waals surface area contributed by atoms with Crippen molar-refractivity contribution in [3.05, 3.63) is 40.3 Å². The molecule has 2 heterocycles. The second kappa shape index (κ2) is 4.75. The minimum absolute atomic E-state index is 0.380. The zero-order chi connectivity index (χ0) is 13.4. The van der Waals surface area contributed by atoms with Crippen LogP contribution in [0, 0.1) is 6.92 Å². The van der Waals surface area contributed by atoms with Crippen LogP contribution in [0.1, 0.15) is 15.5 Å². The maximum absolute atomic E-state index is 11.8. The number of aromatic nitrogens is 1. The van der Waals surface area contributed by atoms with Crippen LogP contribution in [-0.4, -0.2) is 18.1 Å². The molecule has 0 atom stereocenters. The first kappa shape index (κ1) is 12.3. The molecule has 0 saturated carbocycles. The molecule has 19 heavy (non-hydrogen) atoms. The summed E-state index contributed by atoms with van der Waals surface area (Å²) in [5.41, 5.74) is 1.47. The molecule has 3 nitrogen and oxygen atoms in total. The maximum atomic E-state index is 11.8. The molecule has 0 aliphatic carbocycles. The van der Waals surface area contributed by atoms with Crippen molar-refractivity contribution < 1.29 is 9.53 Å². The number of benzene rings is 1. The number of fused-ring (bicyclic) bond motifs is 1. The monoisotopic (exact) mass is 289 g/mol. The Bertz CT molecular complexity index is 758. The van der Waals surface area contributed by atoms with Gasteiger partial charge in [-0.2, -0.15) is 0 Å². The van der Waals surface area contributed by atoms with Crippen LogP contribution in [0.3, 0.4) is 0 Å². The number of hydrogen-bond donors (Lipinski definition) is 0. The Labute approximate surface area is 118 Å². The molecule has 2 aromatic heterocycles. The fraction of sp³-hybridized carbons (Fsp3) is 0.143. The fourth-order valence-corrected chi connectivity index (χ4v) is 3.96. The lowest BCUT2D eigenvalue weighted by Gasteiger charge is -1.99. The summed E-state index contributed by atoms with van der Waals surface area (Å²) >= 11 is 3.20. The topological polar surface area (TPSA) is 39.2 Å². The van der Waals surface area contributed by atoms with Gasteiger partial charge in [0.1, 0.15) is 0 Å². The van der Waals surface area contributed by atoms with Gasteiger partial charge in [0.25, 0.3) is 0 Å². The van der Waals surface area contributed by atoms with E-state index in [1.807, 2.05) is 19.1 Å². The quantitative estimate of drug-likeness (QED) is 0.666. The van der Waals surface area contributed by atoms with Gasteiger partial charge in [-0.25, -0.2) is 9.78 Å². The molecular formula is C14H11NO2S2. The zero-order valence-corrected chi connectivity index (χ0v) is 12.1. The number of hydrogen-bond acceptors (Lipinski definition) is 5. The van der Waals surface area contributed by atoms with Crippen LogP contribution >= 0.6 is 22.7 Å². The van der Waals surface area contributed by atoms with E-state index < -0.39 is 0 Å². The Balaban J connectivity index is 2.24. The fourth-order valence-electron chi connectivity index (χ4n) is 2.00. The normalized spacial score (nSPS) is 10.8. The number of aryl methyl sites for hydroxylation is 1. The van der Waals surface area contributed by atoms with Gasteiger partial charge in [0.2, 0.25) is 0 Å². The summed E-state index contributed by atoms with van der Waals surface area (Å²) in [6.07, 6.45) is 0. The van der Waals surface area contributed by atoms with E-state index in [1.165, 1.54) is 23.1 Å². The molecule has 0 unspecified atom stereocenters. The standard InChI is InChI=1S/C14H11NO2S2/c1-8-15-12(14(16)17-2)13(19-8)10-7-18-11-6-4-3-5-9(10)11/h3-7H,1-2H3. The van der Waals surface area contributed by atoms with Gasteiger partial charge in [-0.05, 0) is 13.0 Å². The van der Waals surface area contributed by atoms with Crippen molar-refractivity contribution in [2.45, 2.75) is 6.92 Å². The Morgan fingerprint density at radius 3 is 2.89 bits per heavy atom. The van der Waals surface area contributed by atoms with Gasteiger partial charge in [0, 0.05) is 21.0 Å². The lowest BCUT2D eigenvalue weighted by atomic mass is 10.1. The van der Waals surface area contributed by atoms with E-state index in [4.69, 9.17) is 4.74 Å². The Morgan fingerprint density at radius 2 is 2.11 bits per heavy atom. The van der Waals surface area contributed by atoms with Gasteiger partial charge in [0.05, 0.1) is 17.0 Å². The number of thiophene rings is 1. The number of rotatable bonds is 2. The second-order valence-electron chi connectivity index (χ2n) is 4.05. The van der Waals surface area contributed by atoms with Crippen molar-refractivity contribution in [3.8, 4) is 10.4 Å². The lowest BCUT2D eigenvalue weighted by molar-refractivity contribution is 0.0595. The molecule has 0 aliphatic heterocycles. The van der Waals surface area contributed by atoms with Crippen molar-refractivity contribution >= 4 is 38.7 Å². The minimum Gasteiger partial charge on any atom is -0.464 e. The number of ether oxygens (including phenoxy) is 1. The van der Waals surface area contributed by atoms with Gasteiger partial charge in [-0.1, -0.05) is 18.2 Å². The highest BCUT2D eigenvalue weighted by atomic mass is 32.1. The Hall–Kier alpha value is -1.72. The average Bonchev–Trinajstić information content (AvgIpc) is 3.01. The van der Waals surface area contributed by atoms with Crippen LogP contribution in [-0.2, 0) is 4.74 Å². The lowest BCUT2D eigenvalue weighted by Crippen LogP contribution is -2.03. The van der Waals surface area contributed by atoms with Crippen molar-refractivity contribution in [2.75, 3.05) is 7.11 Å². The number of carbonyl (C=O) groups excluding carboxylic acids is 1. The molecule has 0 radical (unpaired) electrons. The molecule has 3 rings (SSSR count). The molecule has 0 spiro atoms. The first-order chi connectivity index (χ1) is 9.20. The number of methoxy groups -OCH3 is 1. The summed E-state index contributed by atoms with van der Waals surface area (Å²) in [7, 11) is 1.38. The third-order valence-electron chi connectivity index (χ3n) is 2.84. The third-order valence-corrected chi connectivity index (χ3v) is 4.81. The molecule has 0 aliphatic rings. The van der Waals surface area contributed by atoms with Gasteiger partial charge in [-0.15, -0.1) is 22.7 Å². The third kappa shape index (κ3) is 2.05. The minimum atomic E-state index is -0.380. The molecule has 1 aromatic carbocycles. The molecular weight excluding hydrogens is 278 g/mol. The van der Waals surface area contributed by atoms with Crippen molar-refractivity contribution in [2.24, 2.45) is 0 Å². The Morgan fingerprint density at radius 1 is 1.32 bits per heavy atom. The van der Waals surface area contributed by atoms with Gasteiger partial charge >= 0.3 is 5.97 Å². The van der Waals surface area contributed by atoms with Gasteiger partial charge in [0.15, 0.2) is 5.69 Å². The van der Waals surface area contributed by atoms with E-state index in [-0.39, 0.29) is 5.97 Å². The molecule has 0 fully saturated rings. The van der Waals surface area contributed by atoms with E-state index in [0.717, 1.165) is 20.8 Å². The largest absolute Gasteiger partial charge is 0.464 e. The summed E-state index contributed by atoms with van der Waals surface area (Å²) in [4.78, 5) is 17.0. The SMILES string of the molecule is COC(=O)c1nc(C)sc1-c1csc2ccccc12.